The normalized spacial score (nSPS) is 17.6. The van der Waals surface area contributed by atoms with Crippen LogP contribution < -0.4 is 0 Å². The molecule has 0 spiro atoms. The Balaban J connectivity index is 0.000000110. The van der Waals surface area contributed by atoms with E-state index >= 15 is 0 Å². The van der Waals surface area contributed by atoms with Gasteiger partial charge in [-0.1, -0.05) is 0 Å². The monoisotopic (exact) mass is 116 g/mol. The van der Waals surface area contributed by atoms with Gasteiger partial charge < -0.3 is 0 Å². The molecule has 0 aromatic carbocycles. The van der Waals surface area contributed by atoms with E-state index in [1.165, 1.54) is 0 Å². The third kappa shape index (κ3) is 10.7. The molecule has 2 nitrogen and oxygen atoms in total. The van der Waals surface area contributed by atoms with Gasteiger partial charge in [-0.2, -0.15) is 14.2 Å². The summed E-state index contributed by atoms with van der Waals surface area (Å²) in [6, 6.07) is 0. The van der Waals surface area contributed by atoms with Crippen molar-refractivity contribution >= 4 is 0 Å². The highest BCUT2D eigenvalue weighted by Crippen LogP contribution is 2.10. The minimum atomic E-state index is -1.75. The van der Waals surface area contributed by atoms with E-state index in [1.54, 1.807) is 0 Å². The van der Waals surface area contributed by atoms with Gasteiger partial charge in [0, 0.05) is 0 Å². The zero-order valence-corrected chi connectivity index (χ0v) is 3.23. The number of hydrogen-bond acceptors (Lipinski definition) is 2. The van der Waals surface area contributed by atoms with Crippen LogP contribution in [0.25, 0.3) is 0 Å². The molecule has 0 aromatic rings. The Hall–Kier alpha value is -0.290. The highest BCUT2D eigenvalue weighted by atomic mass is 19.3. The lowest BCUT2D eigenvalue weighted by Crippen LogP contribution is -1.53. The fourth-order valence-corrected chi connectivity index (χ4v) is 0.0210. The van der Waals surface area contributed by atoms with Gasteiger partial charge in [0.25, 0.3) is 0 Å². The van der Waals surface area contributed by atoms with Gasteiger partial charge in [0.05, 0.1) is 0 Å². The first-order valence-electron chi connectivity index (χ1n) is 1.39. The van der Waals surface area contributed by atoms with Gasteiger partial charge in [0.2, 0.25) is 6.93 Å². The van der Waals surface area contributed by atoms with Crippen LogP contribution in [0.3, 0.4) is 0 Å². The van der Waals surface area contributed by atoms with Crippen LogP contribution >= 0.6 is 0 Å². The van der Waals surface area contributed by atoms with Crippen molar-refractivity contribution in [1.82, 2.24) is 0 Å². The Bertz CT molecular complexity index is 37.9. The molecule has 5 heteroatoms. The fourth-order valence-electron chi connectivity index (χ4n) is 0.0210. The average molecular weight is 116 g/mol. The second-order valence-electron chi connectivity index (χ2n) is 0.568. The van der Waals surface area contributed by atoms with E-state index in [0.717, 1.165) is 0 Å². The minimum Gasteiger partial charge on any atom is -0.214 e. The van der Waals surface area contributed by atoms with Crippen molar-refractivity contribution < 1.29 is 22.9 Å². The second kappa shape index (κ2) is 3.89. The topological polar surface area (TPSA) is 25.1 Å². The maximum atomic E-state index is 10.7. The molecule has 0 saturated carbocycles. The van der Waals surface area contributed by atoms with Crippen LogP contribution in [0.1, 0.15) is 0 Å². The first-order chi connectivity index (χ1) is 3.31. The van der Waals surface area contributed by atoms with Crippen LogP contribution in [-0.4, -0.2) is 13.5 Å². The van der Waals surface area contributed by atoms with Gasteiger partial charge in [-0.15, -0.1) is 0 Å². The molecule has 7 heavy (non-hydrogen) atoms. The number of alkyl halides is 3. The Morgan fingerprint density at radius 1 is 1.29 bits per heavy atom. The van der Waals surface area contributed by atoms with Gasteiger partial charge >= 0.3 is 6.54 Å². The third-order valence-electron chi connectivity index (χ3n) is 0.169. The van der Waals surface area contributed by atoms with Gasteiger partial charge in [-0.3, -0.25) is 0 Å². The molecule has 0 radical (unpaired) electrons. The fraction of sp³-hybridized carbons (Fsp3) is 1.00. The summed E-state index contributed by atoms with van der Waals surface area (Å²) in [6.07, 6.45) is 0. The van der Waals surface area contributed by atoms with E-state index in [2.05, 4.69) is 9.78 Å². The molecule has 1 fully saturated rings. The maximum Gasteiger partial charge on any atom is 0.363 e. The third-order valence-corrected chi connectivity index (χ3v) is 0.169. The Morgan fingerprint density at radius 3 is 1.43 bits per heavy atom. The molecular formula is C2H3F3O2. The molecule has 0 atom stereocenters. The van der Waals surface area contributed by atoms with Crippen LogP contribution in [0.2, 0.25) is 0 Å². The van der Waals surface area contributed by atoms with Crippen LogP contribution in [0.5, 0.6) is 0 Å². The van der Waals surface area contributed by atoms with E-state index in [9.17, 15) is 13.2 Å². The summed E-state index contributed by atoms with van der Waals surface area (Å²) in [5, 5.41) is 0. The summed E-state index contributed by atoms with van der Waals surface area (Å²) >= 11 is 0. The molecule has 0 unspecified atom stereocenters. The zero-order valence-electron chi connectivity index (χ0n) is 3.23. The van der Waals surface area contributed by atoms with Crippen molar-refractivity contribution in [3.8, 4) is 0 Å². The summed E-state index contributed by atoms with van der Waals surface area (Å²) in [4.78, 5) is 7.08. The van der Waals surface area contributed by atoms with Crippen molar-refractivity contribution in [3.63, 3.8) is 0 Å². The van der Waals surface area contributed by atoms with Crippen LogP contribution in [0, 0.1) is 0 Å². The molecule has 44 valence electrons. The standard InChI is InChI=1S/CH2F2.CHFO2/c2-1-3;2-1-3-4-1/h1H2;1H. The molecule has 1 rings (SSSR count). The summed E-state index contributed by atoms with van der Waals surface area (Å²) < 4.78 is 29.9. The molecule has 0 bridgehead atoms. The molecule has 1 saturated heterocycles. The highest BCUT2D eigenvalue weighted by molar-refractivity contribution is 4.07. The predicted octanol–water partition coefficient (Wildman–Crippen LogP) is 1.08. The van der Waals surface area contributed by atoms with Crippen LogP contribution in [-0.2, 0) is 9.78 Å². The molecule has 0 aliphatic carbocycles. The molecule has 0 aromatic heterocycles. The Labute approximate surface area is 37.8 Å². The molecule has 1 aliphatic heterocycles. The summed E-state index contributed by atoms with van der Waals surface area (Å²) in [5.41, 5.74) is 0. The van der Waals surface area contributed by atoms with Crippen LogP contribution in [0.15, 0.2) is 0 Å². The van der Waals surface area contributed by atoms with Crippen molar-refractivity contribution in [2.24, 2.45) is 0 Å². The Kier molecular flexibility index (Phi) is 3.72. The summed E-state index contributed by atoms with van der Waals surface area (Å²) in [5.74, 6) is 0. The lowest BCUT2D eigenvalue weighted by atomic mass is 11.5. The lowest BCUT2D eigenvalue weighted by molar-refractivity contribution is 0.0850. The summed E-state index contributed by atoms with van der Waals surface area (Å²) in [6.45, 7) is -3.17. The molecule has 1 aliphatic rings. The SMILES string of the molecule is FC1OO1.FCF. The molecule has 0 N–H and O–H groups in total. The van der Waals surface area contributed by atoms with E-state index in [4.69, 9.17) is 0 Å². The van der Waals surface area contributed by atoms with Gasteiger partial charge in [0.1, 0.15) is 0 Å². The van der Waals surface area contributed by atoms with Crippen molar-refractivity contribution in [2.75, 3.05) is 6.93 Å². The highest BCUT2D eigenvalue weighted by Gasteiger charge is 2.22. The minimum absolute atomic E-state index is 1.42. The van der Waals surface area contributed by atoms with Crippen molar-refractivity contribution in [1.29, 1.82) is 0 Å². The number of rotatable bonds is 0. The molecular weight excluding hydrogens is 113 g/mol. The average Bonchev–Trinajstić information content (AvgIpc) is 2.25. The molecule has 1 heterocycles. The quantitative estimate of drug-likeness (QED) is 0.349. The van der Waals surface area contributed by atoms with E-state index in [-0.39, 0.29) is 0 Å². The van der Waals surface area contributed by atoms with Gasteiger partial charge in [-0.05, 0) is 0 Å². The van der Waals surface area contributed by atoms with E-state index < -0.39 is 13.5 Å². The summed E-state index contributed by atoms with van der Waals surface area (Å²) in [7, 11) is 0. The lowest BCUT2D eigenvalue weighted by Gasteiger charge is -1.42. The largest absolute Gasteiger partial charge is 0.363 e. The van der Waals surface area contributed by atoms with Gasteiger partial charge in [0.15, 0.2) is 0 Å². The smallest absolute Gasteiger partial charge is 0.214 e. The molecule has 0 amide bonds. The number of halogens is 3. The van der Waals surface area contributed by atoms with E-state index in [0.29, 0.717) is 0 Å². The second-order valence-corrected chi connectivity index (χ2v) is 0.568. The maximum absolute atomic E-state index is 10.7. The predicted molar refractivity (Wildman–Crippen MR) is 14.1 cm³/mol. The first-order valence-corrected chi connectivity index (χ1v) is 1.39. The zero-order chi connectivity index (χ0) is 5.70. The first kappa shape index (κ1) is 6.71. The van der Waals surface area contributed by atoms with Crippen molar-refractivity contribution in [3.05, 3.63) is 0 Å². The van der Waals surface area contributed by atoms with Crippen molar-refractivity contribution in [2.45, 2.75) is 6.54 Å². The number of hydrogen-bond donors (Lipinski definition) is 0. The van der Waals surface area contributed by atoms with Gasteiger partial charge in [-0.25, -0.2) is 8.78 Å². The van der Waals surface area contributed by atoms with E-state index in [1.807, 2.05) is 0 Å². The Morgan fingerprint density at radius 2 is 1.43 bits per heavy atom. The van der Waals surface area contributed by atoms with Crippen LogP contribution in [0.4, 0.5) is 13.2 Å².